The number of methoxy groups -OCH3 is 3. The monoisotopic (exact) mass is 1930 g/mol. The summed E-state index contributed by atoms with van der Waals surface area (Å²) >= 11 is 33.7. The summed E-state index contributed by atoms with van der Waals surface area (Å²) in [5.74, 6) is 0.202. The molecule has 13 rings (SSSR count). The van der Waals surface area contributed by atoms with E-state index in [1.165, 1.54) is 55.5 Å². The zero-order valence-corrected chi connectivity index (χ0v) is 65.7. The van der Waals surface area contributed by atoms with Crippen molar-refractivity contribution in [3.63, 3.8) is 0 Å². The lowest BCUT2D eigenvalue weighted by molar-refractivity contribution is 0.412. The number of fused-ring (bicyclic) bond motifs is 4. The van der Waals surface area contributed by atoms with Gasteiger partial charge in [-0.3, -0.25) is 14.7 Å². The van der Waals surface area contributed by atoms with Crippen LogP contribution in [-0.4, -0.2) is 40.1 Å². The van der Waals surface area contributed by atoms with Crippen LogP contribution in [0.15, 0.2) is 236 Å². The first-order valence-corrected chi connectivity index (χ1v) is 36.1. The van der Waals surface area contributed by atoms with Gasteiger partial charge >= 0.3 is 3.18 Å². The van der Waals surface area contributed by atoms with E-state index in [-0.39, 0.29) is 41.6 Å². The average molecular weight is 1940 g/mol. The Morgan fingerprint density at radius 1 is 0.439 bits per heavy atom. The number of phenols is 2. The second kappa shape index (κ2) is 38.4. The Hall–Kier alpha value is -6.47. The lowest BCUT2D eigenvalue weighted by atomic mass is 10.1. The van der Waals surface area contributed by atoms with Crippen molar-refractivity contribution in [3.05, 3.63) is 275 Å². The maximum Gasteiger partial charge on any atom is 0.369 e. The zero-order valence-electron chi connectivity index (χ0n) is 51.0. The minimum absolute atomic E-state index is 0.138. The predicted molar refractivity (Wildman–Crippen MR) is 416 cm³/mol. The number of halogens is 16. The molecular formula is C70H51BBr7Cl2F6IN4O7. The zero-order chi connectivity index (χ0) is 71.3. The Balaban J connectivity index is 0.000000176. The summed E-state index contributed by atoms with van der Waals surface area (Å²) in [5.41, 5.74) is 8.15. The lowest BCUT2D eigenvalue weighted by Crippen LogP contribution is -2.20. The summed E-state index contributed by atoms with van der Waals surface area (Å²) in [6.07, 6.45) is 0. The molecule has 0 spiro atoms. The van der Waals surface area contributed by atoms with Crippen molar-refractivity contribution in [2.75, 3.05) is 47.1 Å². The molecule has 0 unspecified atom stereocenters. The van der Waals surface area contributed by atoms with Gasteiger partial charge in [0.2, 0.25) is 0 Å². The highest BCUT2D eigenvalue weighted by atomic mass is 127. The summed E-state index contributed by atoms with van der Waals surface area (Å²) in [5, 5.41) is 20.5. The van der Waals surface area contributed by atoms with Gasteiger partial charge < -0.3 is 39.6 Å². The first kappa shape index (κ1) is 78.9. The Labute approximate surface area is 644 Å². The molecule has 0 saturated carbocycles. The van der Waals surface area contributed by atoms with E-state index in [1.807, 2.05) is 72.8 Å². The molecule has 2 heterocycles. The number of rotatable bonds is 9. The normalized spacial score (nSPS) is 10.7. The van der Waals surface area contributed by atoms with Crippen molar-refractivity contribution in [2.24, 2.45) is 0 Å². The lowest BCUT2D eigenvalue weighted by Gasteiger charge is -2.37. The third-order valence-electron chi connectivity index (χ3n) is 13.3. The van der Waals surface area contributed by atoms with Crippen LogP contribution in [0.5, 0.6) is 51.7 Å². The topological polar surface area (TPSA) is 122 Å². The molecule has 11 aromatic rings. The molecule has 0 amide bonds. The second-order valence-corrected chi connectivity index (χ2v) is 31.5. The molecule has 2 aliphatic rings. The number of hydrogen-bond donors (Lipinski definition) is 3. The Kier molecular flexibility index (Phi) is 30.9. The van der Waals surface area contributed by atoms with E-state index in [1.54, 1.807) is 79.9 Å². The number of benzene rings is 11. The van der Waals surface area contributed by atoms with Gasteiger partial charge in [0.05, 0.1) is 64.4 Å². The first-order chi connectivity index (χ1) is 47.0. The van der Waals surface area contributed by atoms with Gasteiger partial charge in [0.15, 0.2) is 46.3 Å². The van der Waals surface area contributed by atoms with Gasteiger partial charge in [-0.05, 0) is 156 Å². The van der Waals surface area contributed by atoms with E-state index in [2.05, 4.69) is 151 Å². The molecule has 2 aliphatic heterocycles. The van der Waals surface area contributed by atoms with Crippen molar-refractivity contribution in [1.82, 2.24) is 0 Å². The molecule has 0 bridgehead atoms. The van der Waals surface area contributed by atoms with E-state index in [4.69, 9.17) is 52.6 Å². The van der Waals surface area contributed by atoms with Crippen molar-refractivity contribution >= 4 is 217 Å². The number of nitrogen functional groups attached to an aromatic ring is 1. The number of nitrogens with zero attached hydrogens (tertiary/aromatic N) is 3. The van der Waals surface area contributed by atoms with Crippen LogP contribution in [0.4, 0.5) is 83.2 Å². The Morgan fingerprint density at radius 2 is 0.724 bits per heavy atom. The second-order valence-electron chi connectivity index (χ2n) is 19.4. The van der Waals surface area contributed by atoms with E-state index in [0.717, 1.165) is 83.0 Å². The minimum Gasteiger partial charge on any atom is -0.506 e. The third-order valence-corrected chi connectivity index (χ3v) is 16.0. The van der Waals surface area contributed by atoms with Gasteiger partial charge in [0.25, 0.3) is 0 Å². The molecule has 0 radical (unpaired) electrons. The van der Waals surface area contributed by atoms with E-state index >= 15 is 0 Å². The molecule has 0 aliphatic carbocycles. The maximum atomic E-state index is 14.8. The summed E-state index contributed by atoms with van der Waals surface area (Å²) in [6.45, 7) is 0. The van der Waals surface area contributed by atoms with Crippen molar-refractivity contribution in [2.45, 2.75) is 0 Å². The quantitative estimate of drug-likeness (QED) is 0.0421. The summed E-state index contributed by atoms with van der Waals surface area (Å²) in [7, 11) is 4.69. The Morgan fingerprint density at radius 3 is 1.07 bits per heavy atom. The number of alkyl halides is 2. The van der Waals surface area contributed by atoms with Crippen LogP contribution in [-0.2, 0) is 0 Å². The third kappa shape index (κ3) is 20.6. The van der Waals surface area contributed by atoms with Gasteiger partial charge in [-0.2, -0.15) is 0 Å². The molecule has 0 atom stereocenters. The molecule has 28 heteroatoms. The standard InChI is InChI=1S/C20H16BrF2NO2.C18H12BrF2NO2.C18H10BrNO2.C7H7IO.C6H4BrF2N.CH2Cl2.BBr3/c1-25-18-9-5-3-7-16(18)24(17-8-4-6-10-19(17)26-2)20-14(22)11-13(21)12-15(20)23;19-11-9-12(20)18(13(21)10-11)22(14-5-1-3-7-16(14)23)15-6-2-4-8-17(15)24;19-11-9-16-18-17(10-11)22-15-8-4-2-6-13(15)20(18)12-5-1-3-7-14(12)21-16;1-9-7-5-3-2-4-6(7)8;7-3-1-4(8)6(10)5(9)2-3;2-1-3;2-1(3)4/h3-12H,1-2H3;1-10,23-24H;1-10H;2-5H,1H3;1-2H,10H2;1H2;. The molecule has 508 valence electrons. The molecule has 98 heavy (non-hydrogen) atoms. The van der Waals surface area contributed by atoms with Crippen LogP contribution in [0, 0.1) is 38.5 Å². The van der Waals surface area contributed by atoms with Gasteiger partial charge in [-0.15, -0.1) is 70.5 Å². The average Bonchev–Trinajstić information content (AvgIpc) is 0.733. The molecule has 11 nitrogen and oxygen atoms in total. The van der Waals surface area contributed by atoms with Crippen LogP contribution < -0.4 is 44.1 Å². The smallest absolute Gasteiger partial charge is 0.369 e. The van der Waals surface area contributed by atoms with Gasteiger partial charge in [-0.25, -0.2) is 26.3 Å². The molecule has 0 aromatic heterocycles. The summed E-state index contributed by atoms with van der Waals surface area (Å²) < 4.78 is 115. The maximum absolute atomic E-state index is 14.8. The van der Waals surface area contributed by atoms with Gasteiger partial charge in [0, 0.05) is 17.9 Å². The fourth-order valence-corrected chi connectivity index (χ4v) is 11.6. The SMILES string of the molecule is BrB(Br)Br.Brc1cc2c3c(c1)Oc1ccccc1N3c1ccccc1O2.COc1ccccc1I.COc1ccccc1N(c1ccccc1OC)c1c(F)cc(Br)cc1F.ClCCl.Nc1c(F)cc(Br)cc1F.Oc1ccccc1N(c1ccccc1O)c1c(F)cc(Br)cc1F. The number of aromatic hydroxyl groups is 2. The molecular weight excluding hydrogens is 1890 g/mol. The first-order valence-electron chi connectivity index (χ1n) is 28.1. The number of ether oxygens (including phenoxy) is 5. The van der Waals surface area contributed by atoms with Crippen LogP contribution in [0.25, 0.3) is 0 Å². The van der Waals surface area contributed by atoms with Crippen LogP contribution in [0.2, 0.25) is 0 Å². The largest absolute Gasteiger partial charge is 0.506 e. The van der Waals surface area contributed by atoms with Crippen LogP contribution in [0.3, 0.4) is 0 Å². The highest BCUT2D eigenvalue weighted by Gasteiger charge is 2.35. The molecule has 0 fully saturated rings. The number of para-hydroxylation sites is 13. The van der Waals surface area contributed by atoms with Crippen LogP contribution in [0.1, 0.15) is 0 Å². The number of phenolic OH excluding ortho intramolecular Hbond substituents is 2. The van der Waals surface area contributed by atoms with Crippen molar-refractivity contribution < 1.29 is 60.2 Å². The fraction of sp³-hybridized carbons (Fsp3) is 0.0571. The fourth-order valence-electron chi connectivity index (χ4n) is 9.33. The van der Waals surface area contributed by atoms with Crippen molar-refractivity contribution in [1.29, 1.82) is 0 Å². The van der Waals surface area contributed by atoms with E-state index in [9.17, 15) is 36.6 Å². The van der Waals surface area contributed by atoms with Crippen LogP contribution >= 0.6 is 157 Å². The Bertz CT molecular complexity index is 4300. The summed E-state index contributed by atoms with van der Waals surface area (Å²) in [6, 6.07) is 61.1. The van der Waals surface area contributed by atoms with Gasteiger partial charge in [0.1, 0.15) is 63.1 Å². The molecule has 11 aromatic carbocycles. The van der Waals surface area contributed by atoms with E-state index in [0.29, 0.717) is 31.8 Å². The highest BCUT2D eigenvalue weighted by Crippen LogP contribution is 2.60. The molecule has 4 N–H and O–H groups in total. The summed E-state index contributed by atoms with van der Waals surface area (Å²) in [4.78, 5) is 4.80. The predicted octanol–water partition coefficient (Wildman–Crippen LogP) is 26.1. The van der Waals surface area contributed by atoms with E-state index < -0.39 is 46.3 Å². The van der Waals surface area contributed by atoms with Gasteiger partial charge in [-0.1, -0.05) is 149 Å². The molecule has 0 saturated heterocycles. The highest BCUT2D eigenvalue weighted by molar-refractivity contribution is 14.1. The van der Waals surface area contributed by atoms with Crippen molar-refractivity contribution in [3.8, 4) is 51.7 Å². The minimum atomic E-state index is -0.839. The number of hydrogen-bond acceptors (Lipinski definition) is 11. The number of anilines is 10. The number of nitrogens with two attached hydrogens (primary N) is 1.